The number of carboxylic acid groups (broad SMARTS) is 1. The average molecular weight is 250 g/mol. The van der Waals surface area contributed by atoms with Gasteiger partial charge in [0.15, 0.2) is 0 Å². The van der Waals surface area contributed by atoms with E-state index in [9.17, 15) is 14.7 Å². The normalized spacial score (nSPS) is 14.2. The lowest BCUT2D eigenvalue weighted by Gasteiger charge is -2.21. The summed E-state index contributed by atoms with van der Waals surface area (Å²) >= 11 is 0. The number of aromatic nitrogens is 1. The van der Waals surface area contributed by atoms with Crippen LogP contribution in [0.3, 0.4) is 0 Å². The van der Waals surface area contributed by atoms with Gasteiger partial charge in [-0.1, -0.05) is 0 Å². The van der Waals surface area contributed by atoms with Gasteiger partial charge in [-0.05, 0) is 18.9 Å². The van der Waals surface area contributed by atoms with E-state index in [0.29, 0.717) is 0 Å². The topological polar surface area (TPSA) is 90.7 Å². The van der Waals surface area contributed by atoms with E-state index in [1.807, 2.05) is 0 Å². The molecule has 2 N–H and O–H groups in total. The molecule has 2 rings (SSSR count). The molecular formula is C12H14N2O4. The molecule has 0 aromatic carbocycles. The van der Waals surface area contributed by atoms with Crippen molar-refractivity contribution in [3.05, 3.63) is 24.0 Å². The molecule has 1 aliphatic carbocycles. The molecular weight excluding hydrogens is 236 g/mol. The molecule has 18 heavy (non-hydrogen) atoms. The molecule has 0 aliphatic heterocycles. The van der Waals surface area contributed by atoms with E-state index in [2.05, 4.69) is 4.98 Å². The standard InChI is InChI=1S/C12H14N2O4/c15-10-7-13-5-3-9(10)12(18)14(8-1-2-8)6-4-11(16)17/h3,5,7-8,15H,1-2,4,6H2,(H,16,17). The van der Waals surface area contributed by atoms with Crippen molar-refractivity contribution < 1.29 is 19.8 Å². The van der Waals surface area contributed by atoms with Crippen molar-refractivity contribution in [3.8, 4) is 5.75 Å². The minimum atomic E-state index is -0.938. The predicted molar refractivity (Wildman–Crippen MR) is 62.2 cm³/mol. The molecule has 1 amide bonds. The maximum Gasteiger partial charge on any atom is 0.305 e. The van der Waals surface area contributed by atoms with Gasteiger partial charge in [-0.3, -0.25) is 14.6 Å². The van der Waals surface area contributed by atoms with Gasteiger partial charge in [-0.15, -0.1) is 0 Å². The van der Waals surface area contributed by atoms with Crippen molar-refractivity contribution in [2.24, 2.45) is 0 Å². The van der Waals surface area contributed by atoms with Gasteiger partial charge in [0, 0.05) is 18.8 Å². The van der Waals surface area contributed by atoms with Gasteiger partial charge in [0.2, 0.25) is 0 Å². The monoisotopic (exact) mass is 250 g/mol. The van der Waals surface area contributed by atoms with E-state index in [0.717, 1.165) is 12.8 Å². The molecule has 0 radical (unpaired) electrons. The highest BCUT2D eigenvalue weighted by atomic mass is 16.4. The van der Waals surface area contributed by atoms with Gasteiger partial charge >= 0.3 is 5.97 Å². The summed E-state index contributed by atoms with van der Waals surface area (Å²) in [6, 6.07) is 1.54. The average Bonchev–Trinajstić information content (AvgIpc) is 3.13. The maximum atomic E-state index is 12.2. The van der Waals surface area contributed by atoms with Crippen LogP contribution in [0.2, 0.25) is 0 Å². The van der Waals surface area contributed by atoms with Gasteiger partial charge < -0.3 is 15.1 Å². The number of carbonyl (C=O) groups is 2. The van der Waals surface area contributed by atoms with Gasteiger partial charge in [-0.25, -0.2) is 0 Å². The first-order valence-electron chi connectivity index (χ1n) is 5.75. The molecule has 1 aromatic rings. The fraction of sp³-hybridized carbons (Fsp3) is 0.417. The Labute approximate surface area is 104 Å². The summed E-state index contributed by atoms with van der Waals surface area (Å²) < 4.78 is 0. The number of hydrogen-bond acceptors (Lipinski definition) is 4. The van der Waals surface area contributed by atoms with Crippen LogP contribution in [-0.2, 0) is 4.79 Å². The zero-order chi connectivity index (χ0) is 13.1. The van der Waals surface area contributed by atoms with Crippen molar-refractivity contribution in [2.45, 2.75) is 25.3 Å². The third kappa shape index (κ3) is 2.77. The first-order chi connectivity index (χ1) is 8.59. The highest BCUT2D eigenvalue weighted by Crippen LogP contribution is 2.29. The Kier molecular flexibility index (Phi) is 3.45. The van der Waals surface area contributed by atoms with Crippen molar-refractivity contribution in [2.75, 3.05) is 6.54 Å². The highest BCUT2D eigenvalue weighted by Gasteiger charge is 2.33. The second kappa shape index (κ2) is 5.03. The molecule has 1 fully saturated rings. The lowest BCUT2D eigenvalue weighted by Crippen LogP contribution is -2.35. The summed E-state index contributed by atoms with van der Waals surface area (Å²) in [5.41, 5.74) is 0.169. The van der Waals surface area contributed by atoms with Gasteiger partial charge in [-0.2, -0.15) is 0 Å². The molecule has 1 saturated carbocycles. The van der Waals surface area contributed by atoms with Crippen LogP contribution in [0.4, 0.5) is 0 Å². The number of amides is 1. The number of rotatable bonds is 5. The van der Waals surface area contributed by atoms with Crippen molar-refractivity contribution >= 4 is 11.9 Å². The number of carbonyl (C=O) groups excluding carboxylic acids is 1. The highest BCUT2D eigenvalue weighted by molar-refractivity contribution is 5.97. The quantitative estimate of drug-likeness (QED) is 0.809. The summed E-state index contributed by atoms with van der Waals surface area (Å²) in [7, 11) is 0. The number of hydrogen-bond donors (Lipinski definition) is 2. The summed E-state index contributed by atoms with van der Waals surface area (Å²) in [6.07, 6.45) is 4.31. The molecule has 1 heterocycles. The van der Waals surface area contributed by atoms with Crippen molar-refractivity contribution in [1.82, 2.24) is 9.88 Å². The van der Waals surface area contributed by atoms with Crippen LogP contribution in [-0.4, -0.2) is 44.6 Å². The van der Waals surface area contributed by atoms with Crippen LogP contribution in [0.5, 0.6) is 5.75 Å². The van der Waals surface area contributed by atoms with E-state index in [4.69, 9.17) is 5.11 Å². The Hall–Kier alpha value is -2.11. The molecule has 6 nitrogen and oxygen atoms in total. The Morgan fingerprint density at radius 2 is 2.17 bits per heavy atom. The first kappa shape index (κ1) is 12.3. The number of aliphatic carboxylic acids is 1. The third-order valence-electron chi connectivity index (χ3n) is 2.85. The Morgan fingerprint density at radius 3 is 2.72 bits per heavy atom. The largest absolute Gasteiger partial charge is 0.505 e. The molecule has 0 spiro atoms. The Bertz CT molecular complexity index is 471. The van der Waals surface area contributed by atoms with Gasteiger partial charge in [0.05, 0.1) is 18.2 Å². The number of aromatic hydroxyl groups is 1. The molecule has 0 atom stereocenters. The summed E-state index contributed by atoms with van der Waals surface area (Å²) in [4.78, 5) is 28.0. The van der Waals surface area contributed by atoms with Crippen LogP contribution >= 0.6 is 0 Å². The van der Waals surface area contributed by atoms with E-state index < -0.39 is 5.97 Å². The summed E-state index contributed by atoms with van der Waals surface area (Å²) in [5, 5.41) is 18.3. The third-order valence-corrected chi connectivity index (χ3v) is 2.85. The van der Waals surface area contributed by atoms with Crippen molar-refractivity contribution in [3.63, 3.8) is 0 Å². The summed E-state index contributed by atoms with van der Waals surface area (Å²) in [6.45, 7) is 0.167. The second-order valence-corrected chi connectivity index (χ2v) is 4.27. The lowest BCUT2D eigenvalue weighted by molar-refractivity contribution is -0.137. The Morgan fingerprint density at radius 1 is 1.44 bits per heavy atom. The summed E-state index contributed by atoms with van der Waals surface area (Å²) in [5.74, 6) is -1.45. The molecule has 1 aromatic heterocycles. The second-order valence-electron chi connectivity index (χ2n) is 4.27. The number of pyridine rings is 1. The van der Waals surface area contributed by atoms with Crippen LogP contribution in [0.25, 0.3) is 0 Å². The van der Waals surface area contributed by atoms with E-state index >= 15 is 0 Å². The fourth-order valence-electron chi connectivity index (χ4n) is 1.77. The van der Waals surface area contributed by atoms with Gasteiger partial charge in [0.25, 0.3) is 5.91 Å². The molecule has 0 unspecified atom stereocenters. The Balaban J connectivity index is 2.13. The predicted octanol–water partition coefficient (Wildman–Crippen LogP) is 0.867. The van der Waals surface area contributed by atoms with E-state index in [1.165, 1.54) is 23.4 Å². The zero-order valence-corrected chi connectivity index (χ0v) is 9.74. The van der Waals surface area contributed by atoms with Gasteiger partial charge in [0.1, 0.15) is 5.75 Å². The zero-order valence-electron chi connectivity index (χ0n) is 9.74. The number of carboxylic acids is 1. The van der Waals surface area contributed by atoms with E-state index in [-0.39, 0.29) is 36.2 Å². The minimum absolute atomic E-state index is 0.0892. The SMILES string of the molecule is O=C(O)CCN(C(=O)c1ccncc1O)C1CC1. The number of nitrogens with zero attached hydrogens (tertiary/aromatic N) is 2. The minimum Gasteiger partial charge on any atom is -0.505 e. The van der Waals surface area contributed by atoms with Crippen molar-refractivity contribution in [1.29, 1.82) is 0 Å². The van der Waals surface area contributed by atoms with Crippen LogP contribution in [0.1, 0.15) is 29.6 Å². The molecule has 1 aliphatic rings. The molecule has 0 bridgehead atoms. The molecule has 96 valence electrons. The maximum absolute atomic E-state index is 12.2. The fourth-order valence-corrected chi connectivity index (χ4v) is 1.77. The van der Waals surface area contributed by atoms with Crippen LogP contribution in [0.15, 0.2) is 18.5 Å². The smallest absolute Gasteiger partial charge is 0.305 e. The van der Waals surface area contributed by atoms with Crippen LogP contribution < -0.4 is 0 Å². The first-order valence-corrected chi connectivity index (χ1v) is 5.75. The van der Waals surface area contributed by atoms with Crippen LogP contribution in [0, 0.1) is 0 Å². The molecule has 0 saturated heterocycles. The van der Waals surface area contributed by atoms with E-state index in [1.54, 1.807) is 0 Å². The molecule has 6 heteroatoms. The lowest BCUT2D eigenvalue weighted by atomic mass is 10.2.